The largest absolute Gasteiger partial charge is 0.381 e. The smallest absolute Gasteiger partial charge is 0.0630 e. The molecule has 1 heterocycles. The molecule has 0 unspecified atom stereocenters. The fourth-order valence-corrected chi connectivity index (χ4v) is 1.11. The summed E-state index contributed by atoms with van der Waals surface area (Å²) in [5.74, 6) is 0. The second-order valence-electron chi connectivity index (χ2n) is 2.96. The van der Waals surface area contributed by atoms with Crippen LogP contribution in [0.15, 0.2) is 0 Å². The van der Waals surface area contributed by atoms with Gasteiger partial charge in [-0.05, 0) is 6.92 Å². The van der Waals surface area contributed by atoms with Gasteiger partial charge in [0.1, 0.15) is 0 Å². The van der Waals surface area contributed by atoms with Crippen molar-refractivity contribution in [2.75, 3.05) is 26.4 Å². The third kappa shape index (κ3) is 1.92. The summed E-state index contributed by atoms with van der Waals surface area (Å²) in [5.41, 5.74) is 0.0186. The second kappa shape index (κ2) is 3.70. The van der Waals surface area contributed by atoms with E-state index in [1.165, 1.54) is 0 Å². The monoisotopic (exact) mass is 155 g/mol. The predicted octanol–water partition coefficient (Wildman–Crippen LogP) is 0.953. The predicted molar refractivity (Wildman–Crippen MR) is 40.0 cm³/mol. The summed E-state index contributed by atoms with van der Waals surface area (Å²) in [6, 6.07) is 2.16. The number of nitriles is 1. The zero-order valence-electron chi connectivity index (χ0n) is 6.80. The SMILES string of the molecule is CCOCC1(CC#N)COC1. The molecule has 1 saturated heterocycles. The van der Waals surface area contributed by atoms with Crippen LogP contribution in [0.4, 0.5) is 0 Å². The highest BCUT2D eigenvalue weighted by atomic mass is 16.5. The van der Waals surface area contributed by atoms with Crippen molar-refractivity contribution >= 4 is 0 Å². The van der Waals surface area contributed by atoms with E-state index < -0.39 is 0 Å². The summed E-state index contributed by atoms with van der Waals surface area (Å²) >= 11 is 0. The summed E-state index contributed by atoms with van der Waals surface area (Å²) in [6.45, 7) is 4.70. The van der Waals surface area contributed by atoms with Crippen LogP contribution in [0.5, 0.6) is 0 Å². The Hall–Kier alpha value is -0.590. The van der Waals surface area contributed by atoms with Gasteiger partial charge in [-0.2, -0.15) is 5.26 Å². The van der Waals surface area contributed by atoms with Gasteiger partial charge in [0.05, 0.1) is 31.3 Å². The van der Waals surface area contributed by atoms with Crippen LogP contribution in [-0.4, -0.2) is 26.4 Å². The van der Waals surface area contributed by atoms with E-state index in [-0.39, 0.29) is 5.41 Å². The van der Waals surface area contributed by atoms with Gasteiger partial charge in [-0.3, -0.25) is 0 Å². The molecule has 1 fully saturated rings. The first-order chi connectivity index (χ1) is 5.33. The van der Waals surface area contributed by atoms with Crippen LogP contribution in [0.1, 0.15) is 13.3 Å². The van der Waals surface area contributed by atoms with Crippen molar-refractivity contribution in [2.45, 2.75) is 13.3 Å². The van der Waals surface area contributed by atoms with Gasteiger partial charge >= 0.3 is 0 Å². The topological polar surface area (TPSA) is 42.2 Å². The molecule has 1 aliphatic heterocycles. The molecule has 0 N–H and O–H groups in total. The van der Waals surface area contributed by atoms with Crippen molar-refractivity contribution in [3.8, 4) is 6.07 Å². The van der Waals surface area contributed by atoms with Crippen molar-refractivity contribution in [1.29, 1.82) is 5.26 Å². The number of hydrogen-bond donors (Lipinski definition) is 0. The van der Waals surface area contributed by atoms with Crippen molar-refractivity contribution in [3.63, 3.8) is 0 Å². The van der Waals surface area contributed by atoms with Gasteiger partial charge in [-0.1, -0.05) is 0 Å². The second-order valence-corrected chi connectivity index (χ2v) is 2.96. The molecule has 0 atom stereocenters. The van der Waals surface area contributed by atoms with E-state index in [9.17, 15) is 0 Å². The average molecular weight is 155 g/mol. The first-order valence-electron chi connectivity index (χ1n) is 3.85. The average Bonchev–Trinajstić information content (AvgIpc) is 1.95. The lowest BCUT2D eigenvalue weighted by Gasteiger charge is -2.39. The van der Waals surface area contributed by atoms with E-state index in [2.05, 4.69) is 6.07 Å². The number of hydrogen-bond acceptors (Lipinski definition) is 3. The Morgan fingerprint density at radius 3 is 2.73 bits per heavy atom. The van der Waals surface area contributed by atoms with Crippen LogP contribution in [0.3, 0.4) is 0 Å². The molecule has 0 amide bonds. The normalized spacial score (nSPS) is 20.4. The van der Waals surface area contributed by atoms with Crippen LogP contribution >= 0.6 is 0 Å². The van der Waals surface area contributed by atoms with Gasteiger partial charge < -0.3 is 9.47 Å². The zero-order chi connectivity index (χ0) is 8.16. The van der Waals surface area contributed by atoms with Crippen LogP contribution in [0, 0.1) is 16.7 Å². The Morgan fingerprint density at radius 2 is 2.36 bits per heavy atom. The molecule has 0 aromatic carbocycles. The molecule has 1 rings (SSSR count). The van der Waals surface area contributed by atoms with E-state index in [1.54, 1.807) is 0 Å². The lowest BCUT2D eigenvalue weighted by atomic mass is 9.84. The Bertz CT molecular complexity index is 158. The number of nitrogens with zero attached hydrogens (tertiary/aromatic N) is 1. The summed E-state index contributed by atoms with van der Waals surface area (Å²) < 4.78 is 10.3. The Morgan fingerprint density at radius 1 is 1.64 bits per heavy atom. The van der Waals surface area contributed by atoms with E-state index >= 15 is 0 Å². The van der Waals surface area contributed by atoms with Gasteiger partial charge in [-0.25, -0.2) is 0 Å². The maximum atomic E-state index is 8.51. The van der Waals surface area contributed by atoms with E-state index in [0.29, 0.717) is 32.8 Å². The Kier molecular flexibility index (Phi) is 2.86. The first-order valence-corrected chi connectivity index (χ1v) is 3.85. The number of ether oxygens (including phenoxy) is 2. The van der Waals surface area contributed by atoms with Gasteiger partial charge in [-0.15, -0.1) is 0 Å². The van der Waals surface area contributed by atoms with Gasteiger partial charge in [0.2, 0.25) is 0 Å². The lowest BCUT2D eigenvalue weighted by molar-refractivity contribution is -0.144. The van der Waals surface area contributed by atoms with Crippen molar-refractivity contribution in [2.24, 2.45) is 5.41 Å². The molecule has 62 valence electrons. The zero-order valence-corrected chi connectivity index (χ0v) is 6.80. The summed E-state index contributed by atoms with van der Waals surface area (Å²) in [5, 5.41) is 8.51. The summed E-state index contributed by atoms with van der Waals surface area (Å²) in [7, 11) is 0. The molecular weight excluding hydrogens is 142 g/mol. The van der Waals surface area contributed by atoms with E-state index in [4.69, 9.17) is 14.7 Å². The highest BCUT2D eigenvalue weighted by Crippen LogP contribution is 2.31. The van der Waals surface area contributed by atoms with Gasteiger partial charge in [0.25, 0.3) is 0 Å². The standard InChI is InChI=1S/C8H13NO2/c1-2-10-5-8(3-4-9)6-11-7-8/h2-3,5-7H2,1H3. The fourth-order valence-electron chi connectivity index (χ4n) is 1.11. The molecule has 0 aliphatic carbocycles. The molecule has 0 radical (unpaired) electrons. The quantitative estimate of drug-likeness (QED) is 0.607. The molecule has 3 heteroatoms. The molecule has 0 spiro atoms. The minimum atomic E-state index is 0.0186. The fraction of sp³-hybridized carbons (Fsp3) is 0.875. The number of rotatable bonds is 4. The van der Waals surface area contributed by atoms with Crippen molar-refractivity contribution in [3.05, 3.63) is 0 Å². The minimum absolute atomic E-state index is 0.0186. The van der Waals surface area contributed by atoms with Crippen LogP contribution in [0.2, 0.25) is 0 Å². The molecular formula is C8H13NO2. The van der Waals surface area contributed by atoms with Crippen LogP contribution < -0.4 is 0 Å². The highest BCUT2D eigenvalue weighted by molar-refractivity contribution is 4.93. The lowest BCUT2D eigenvalue weighted by Crippen LogP contribution is -2.46. The molecule has 0 bridgehead atoms. The van der Waals surface area contributed by atoms with Gasteiger partial charge in [0, 0.05) is 13.0 Å². The highest BCUT2D eigenvalue weighted by Gasteiger charge is 2.38. The maximum absolute atomic E-state index is 8.51. The van der Waals surface area contributed by atoms with E-state index in [0.717, 1.165) is 0 Å². The Labute approximate surface area is 66.9 Å². The molecule has 0 aromatic rings. The summed E-state index contributed by atoms with van der Waals surface area (Å²) in [6.07, 6.45) is 0.549. The van der Waals surface area contributed by atoms with E-state index in [1.807, 2.05) is 6.92 Å². The minimum Gasteiger partial charge on any atom is -0.381 e. The van der Waals surface area contributed by atoms with Crippen LogP contribution in [0.25, 0.3) is 0 Å². The van der Waals surface area contributed by atoms with Crippen molar-refractivity contribution < 1.29 is 9.47 Å². The molecule has 11 heavy (non-hydrogen) atoms. The molecule has 1 aliphatic rings. The third-order valence-electron chi connectivity index (χ3n) is 1.88. The first kappa shape index (κ1) is 8.51. The molecule has 0 saturated carbocycles. The third-order valence-corrected chi connectivity index (χ3v) is 1.88. The molecule has 0 aromatic heterocycles. The molecule has 3 nitrogen and oxygen atoms in total. The maximum Gasteiger partial charge on any atom is 0.0630 e. The van der Waals surface area contributed by atoms with Crippen LogP contribution in [-0.2, 0) is 9.47 Å². The Balaban J connectivity index is 2.29. The van der Waals surface area contributed by atoms with Crippen molar-refractivity contribution in [1.82, 2.24) is 0 Å². The van der Waals surface area contributed by atoms with Gasteiger partial charge in [0.15, 0.2) is 0 Å². The summed E-state index contributed by atoms with van der Waals surface area (Å²) in [4.78, 5) is 0.